The molecule has 0 bridgehead atoms. The molecule has 0 radical (unpaired) electrons. The van der Waals surface area contributed by atoms with Crippen LogP contribution in [0.15, 0.2) is 0 Å². The Morgan fingerprint density at radius 2 is 0.438 bits per heavy atom. The van der Waals surface area contributed by atoms with Gasteiger partial charge in [-0.05, 0) is 0 Å². The van der Waals surface area contributed by atoms with Crippen LogP contribution in [0, 0.1) is 25.2 Å². The molecule has 0 aliphatic heterocycles. The Kier molecular flexibility index (Phi) is 96.8. The maximum atomic E-state index is 2.08. The van der Waals surface area contributed by atoms with E-state index in [1.807, 2.05) is 0 Å². The van der Waals surface area contributed by atoms with E-state index >= 15 is 0 Å². The average Bonchev–Trinajstić information content (AvgIpc) is 1.54. The van der Waals surface area contributed by atoms with Gasteiger partial charge in [0.25, 0.3) is 0 Å². The largest absolute Gasteiger partial charge is 2.00 e. The first-order valence-corrected chi connectivity index (χ1v) is 4.50. The summed E-state index contributed by atoms with van der Waals surface area (Å²) in [5.41, 5.74) is 0. The van der Waals surface area contributed by atoms with Crippen molar-refractivity contribution in [1.82, 2.24) is 0 Å². The molecule has 0 aliphatic carbocycles. The second-order valence-electron chi connectivity index (χ2n) is 4.50. The van der Waals surface area contributed by atoms with Crippen LogP contribution in [-0.4, -0.2) is 0 Å². The van der Waals surface area contributed by atoms with Gasteiger partial charge in [0.2, 0.25) is 0 Å². The third-order valence-corrected chi connectivity index (χ3v) is 0. The average molecular weight is 266 g/mol. The Labute approximate surface area is 144 Å². The van der Waals surface area contributed by atoms with Gasteiger partial charge in [0.05, 0.1) is 0 Å². The van der Waals surface area contributed by atoms with Crippen molar-refractivity contribution in [3.8, 4) is 0 Å². The Bertz CT molecular complexity index is 42.4. The summed E-state index contributed by atoms with van der Waals surface area (Å²) in [6, 6.07) is 0. The molecule has 86 valence electrons. The fourth-order valence-electron chi connectivity index (χ4n) is 0. The smallest absolute Gasteiger partial charge is 0.358 e. The first kappa shape index (κ1) is 43.1. The summed E-state index contributed by atoms with van der Waals surface area (Å²) in [5, 5.41) is 0. The second-order valence-corrected chi connectivity index (χ2v) is 4.50. The van der Waals surface area contributed by atoms with Crippen LogP contribution in [0.1, 0.15) is 62.3 Å². The topological polar surface area (TPSA) is 0 Å². The molecule has 0 aromatic rings. The van der Waals surface area contributed by atoms with Gasteiger partial charge in [0.15, 0.2) is 0 Å². The first-order chi connectivity index (χ1) is 5.20. The van der Waals surface area contributed by atoms with Crippen LogP contribution < -0.4 is 37.7 Å². The van der Waals surface area contributed by atoms with Crippen molar-refractivity contribution in [2.75, 3.05) is 0 Å². The van der Waals surface area contributed by atoms with Crippen LogP contribution >= 0.6 is 0 Å². The monoisotopic (exact) mass is 264 g/mol. The predicted molar refractivity (Wildman–Crippen MR) is 67.2 cm³/mol. The molecule has 0 amide bonds. The molecule has 0 spiro atoms. The van der Waals surface area contributed by atoms with E-state index in [1.165, 1.54) is 17.8 Å². The number of rotatable bonds is 0. The van der Waals surface area contributed by atoms with E-state index in [-0.39, 0.29) is 64.6 Å². The molecule has 0 nitrogen and oxygen atoms in total. The van der Waals surface area contributed by atoms with Crippen molar-refractivity contribution in [3.63, 3.8) is 0 Å². The molecule has 0 atom stereocenters. The Morgan fingerprint density at radius 1 is 0.438 bits per heavy atom. The SMILES string of the molecule is C[C-](C)C.C[C-](C)C.C[C-](C)C.[CH3-].[Li+].[Li+].[Zn+2]. The summed E-state index contributed by atoms with van der Waals surface area (Å²) in [7, 11) is 0. The molecule has 0 aromatic carbocycles. The molecule has 0 rings (SSSR count). The molecule has 0 saturated heterocycles. The molecule has 0 heterocycles. The summed E-state index contributed by atoms with van der Waals surface area (Å²) in [4.78, 5) is 0. The van der Waals surface area contributed by atoms with Crippen LogP contribution in [0.2, 0.25) is 0 Å². The summed E-state index contributed by atoms with van der Waals surface area (Å²) < 4.78 is 0. The first-order valence-electron chi connectivity index (χ1n) is 4.50. The summed E-state index contributed by atoms with van der Waals surface area (Å²) in [6.45, 7) is 18.8. The van der Waals surface area contributed by atoms with E-state index in [0.29, 0.717) is 0 Å². The summed E-state index contributed by atoms with van der Waals surface area (Å²) >= 11 is 0. The van der Waals surface area contributed by atoms with Gasteiger partial charge < -0.3 is 25.2 Å². The molecule has 0 saturated carbocycles. The minimum atomic E-state index is 0. The zero-order chi connectivity index (χ0) is 10.7. The molecule has 0 fully saturated rings. The summed E-state index contributed by atoms with van der Waals surface area (Å²) in [6.07, 6.45) is 0. The van der Waals surface area contributed by atoms with Crippen LogP contribution in [0.3, 0.4) is 0 Å². The van der Waals surface area contributed by atoms with Crippen LogP contribution in [0.4, 0.5) is 0 Å². The minimum absolute atomic E-state index is 0. The Morgan fingerprint density at radius 3 is 0.438 bits per heavy atom. The van der Waals surface area contributed by atoms with Gasteiger partial charge in [-0.15, -0.1) is 0 Å². The van der Waals surface area contributed by atoms with Crippen molar-refractivity contribution in [1.29, 1.82) is 0 Å². The minimum Gasteiger partial charge on any atom is -0.358 e. The van der Waals surface area contributed by atoms with Crippen molar-refractivity contribution in [3.05, 3.63) is 25.2 Å². The zero-order valence-electron chi connectivity index (χ0n) is 14.2. The molecule has 3 heteroatoms. The van der Waals surface area contributed by atoms with Gasteiger partial charge in [-0.2, -0.15) is 62.3 Å². The van der Waals surface area contributed by atoms with E-state index in [1.54, 1.807) is 0 Å². The van der Waals surface area contributed by atoms with E-state index in [0.717, 1.165) is 0 Å². The fraction of sp³-hybridized carbons (Fsp3) is 0.692. The van der Waals surface area contributed by atoms with E-state index in [2.05, 4.69) is 62.3 Å². The van der Waals surface area contributed by atoms with Crippen molar-refractivity contribution in [2.45, 2.75) is 62.3 Å². The Balaban J connectivity index is -0.0000000135. The molecular formula is C13H30Li2Zn. The third-order valence-electron chi connectivity index (χ3n) is 0. The maximum Gasteiger partial charge on any atom is 2.00 e. The fourth-order valence-corrected chi connectivity index (χ4v) is 0. The maximum absolute atomic E-state index is 2.08. The number of hydrogen-bond donors (Lipinski definition) is 0. The van der Waals surface area contributed by atoms with Crippen molar-refractivity contribution >= 4 is 0 Å². The summed E-state index contributed by atoms with van der Waals surface area (Å²) in [5.74, 6) is 4.25. The quantitative estimate of drug-likeness (QED) is 0.402. The van der Waals surface area contributed by atoms with Crippen molar-refractivity contribution in [2.24, 2.45) is 0 Å². The molecule has 0 unspecified atom stereocenters. The van der Waals surface area contributed by atoms with Gasteiger partial charge in [0, 0.05) is 0 Å². The van der Waals surface area contributed by atoms with E-state index < -0.39 is 0 Å². The van der Waals surface area contributed by atoms with Gasteiger partial charge >= 0.3 is 57.2 Å². The molecule has 0 aliphatic rings. The van der Waals surface area contributed by atoms with E-state index in [4.69, 9.17) is 0 Å². The predicted octanol–water partition coefficient (Wildman–Crippen LogP) is -0.682. The standard InChI is InChI=1S/3C4H9.CH3.2Li.Zn/c3*1-4(2)3;;;;/h3*1-3H3;1H3;;;/q4*-1;2*+1;+2. The van der Waals surface area contributed by atoms with Gasteiger partial charge in [-0.3, -0.25) is 0 Å². The van der Waals surface area contributed by atoms with Crippen LogP contribution in [0.5, 0.6) is 0 Å². The zero-order valence-corrected chi connectivity index (χ0v) is 17.2. The molecule has 16 heavy (non-hydrogen) atoms. The van der Waals surface area contributed by atoms with Gasteiger partial charge in [-0.25, -0.2) is 0 Å². The van der Waals surface area contributed by atoms with Gasteiger partial charge in [0.1, 0.15) is 0 Å². The molecular weight excluding hydrogens is 235 g/mol. The molecule has 0 aromatic heterocycles. The third kappa shape index (κ3) is 1050. The van der Waals surface area contributed by atoms with Crippen LogP contribution in [0.25, 0.3) is 0 Å². The Hall–Kier alpha value is 1.82. The van der Waals surface area contributed by atoms with Crippen molar-refractivity contribution < 1.29 is 57.2 Å². The second kappa shape index (κ2) is 36.0. The van der Waals surface area contributed by atoms with Gasteiger partial charge in [-0.1, -0.05) is 0 Å². The molecule has 0 N–H and O–H groups in total. The normalized spacial score (nSPS) is 6.75. The van der Waals surface area contributed by atoms with E-state index in [9.17, 15) is 0 Å². The van der Waals surface area contributed by atoms with Crippen LogP contribution in [-0.2, 0) is 19.5 Å². The number of hydrogen-bond acceptors (Lipinski definition) is 0.